The van der Waals surface area contributed by atoms with Crippen LogP contribution in [0.1, 0.15) is 54.0 Å². The predicted octanol–water partition coefficient (Wildman–Crippen LogP) is 5.21. The van der Waals surface area contributed by atoms with Gasteiger partial charge in [-0.05, 0) is 55.8 Å². The Hall–Kier alpha value is -4.49. The third-order valence-corrected chi connectivity index (χ3v) is 8.34. The number of aliphatic hydroxyl groups is 1. The normalized spacial score (nSPS) is 16.6. The topological polar surface area (TPSA) is 112 Å². The number of hydrogen-bond donors (Lipinski definition) is 2. The third kappa shape index (κ3) is 6.42. The molecule has 1 aliphatic heterocycles. The fourth-order valence-electron chi connectivity index (χ4n) is 5.85. The summed E-state index contributed by atoms with van der Waals surface area (Å²) in [4.78, 5) is 34.3. The number of aliphatic hydroxyl groups excluding tert-OH is 1. The molecule has 2 aromatic carbocycles. The number of alkyl halides is 3. The van der Waals surface area contributed by atoms with Crippen LogP contribution in [-0.4, -0.2) is 80.7 Å². The van der Waals surface area contributed by atoms with Crippen LogP contribution in [0, 0.1) is 12.8 Å². The maximum Gasteiger partial charge on any atom is 0.433 e. The second kappa shape index (κ2) is 13.1. The summed E-state index contributed by atoms with van der Waals surface area (Å²) < 4.78 is 49.0. The smallest absolute Gasteiger partial charge is 0.433 e. The zero-order chi connectivity index (χ0) is 33.3. The molecular weight excluding hydrogens is 601 g/mol. The molecule has 1 saturated heterocycles. The van der Waals surface area contributed by atoms with E-state index in [1.165, 1.54) is 14.0 Å². The first kappa shape index (κ1) is 32.9. The molecule has 0 radical (unpaired) electrons. The van der Waals surface area contributed by atoms with E-state index in [0.717, 1.165) is 11.8 Å². The Morgan fingerprint density at radius 1 is 1.13 bits per heavy atom. The maximum absolute atomic E-state index is 14.4. The molecule has 0 bridgehead atoms. The number of methoxy groups -OCH3 is 1. The Balaban J connectivity index is 1.42. The number of nitrogens with one attached hydrogen (secondary N) is 1. The van der Waals surface area contributed by atoms with E-state index in [1.54, 1.807) is 49.1 Å². The summed E-state index contributed by atoms with van der Waals surface area (Å²) in [7, 11) is 1.49. The van der Waals surface area contributed by atoms with E-state index in [0.29, 0.717) is 34.6 Å². The number of fused-ring (bicyclic) bond motifs is 1. The summed E-state index contributed by atoms with van der Waals surface area (Å²) in [6, 6.07) is 13.1. The lowest BCUT2D eigenvalue weighted by molar-refractivity contribution is -0.143. The minimum atomic E-state index is -4.76. The number of ether oxygens (including phenoxy) is 1. The number of aromatic nitrogens is 3. The molecule has 244 valence electrons. The Labute approximate surface area is 264 Å². The van der Waals surface area contributed by atoms with Gasteiger partial charge in [-0.3, -0.25) is 14.5 Å². The highest BCUT2D eigenvalue weighted by Gasteiger charge is 2.40. The molecule has 0 saturated carbocycles. The predicted molar refractivity (Wildman–Crippen MR) is 167 cm³/mol. The van der Waals surface area contributed by atoms with Gasteiger partial charge in [-0.2, -0.15) is 18.3 Å². The molecule has 0 aliphatic carbocycles. The fraction of sp³-hybridized carbons (Fsp3) is 0.394. The number of carbonyl (C=O) groups is 2. The van der Waals surface area contributed by atoms with Crippen LogP contribution >= 0.6 is 0 Å². The summed E-state index contributed by atoms with van der Waals surface area (Å²) in [5.74, 6) is -0.244. The van der Waals surface area contributed by atoms with E-state index in [1.807, 2.05) is 25.1 Å². The molecule has 10 nitrogen and oxygen atoms in total. The van der Waals surface area contributed by atoms with Crippen LogP contribution in [0.2, 0.25) is 0 Å². The lowest BCUT2D eigenvalue weighted by Gasteiger charge is -2.43. The first-order valence-corrected chi connectivity index (χ1v) is 15.0. The first-order chi connectivity index (χ1) is 21.8. The molecule has 2 aromatic heterocycles. The number of rotatable bonds is 8. The summed E-state index contributed by atoms with van der Waals surface area (Å²) in [6.07, 6.45) is -3.62. The van der Waals surface area contributed by atoms with Crippen molar-refractivity contribution in [3.05, 3.63) is 77.1 Å². The monoisotopic (exact) mass is 638 g/mol. The van der Waals surface area contributed by atoms with Gasteiger partial charge in [0.2, 0.25) is 5.91 Å². The van der Waals surface area contributed by atoms with Gasteiger partial charge < -0.3 is 20.1 Å². The number of benzene rings is 2. The average Bonchev–Trinajstić information content (AvgIpc) is 3.43. The molecule has 2 amide bonds. The zero-order valence-electron chi connectivity index (χ0n) is 26.3. The van der Waals surface area contributed by atoms with Gasteiger partial charge in [0.05, 0.1) is 31.6 Å². The van der Waals surface area contributed by atoms with Crippen molar-refractivity contribution in [1.82, 2.24) is 24.4 Å². The highest BCUT2D eigenvalue weighted by Crippen LogP contribution is 2.37. The van der Waals surface area contributed by atoms with Crippen molar-refractivity contribution in [1.29, 1.82) is 0 Å². The van der Waals surface area contributed by atoms with Crippen LogP contribution in [0.3, 0.4) is 0 Å². The van der Waals surface area contributed by atoms with Crippen molar-refractivity contribution >= 4 is 23.1 Å². The standard InChI is InChI=1S/C33H37F3N6O4/c1-19(2)31(44)38-24-8-6-7-23(15-24)27(18-43)40-13-14-41(20(3)17-40)32(45)26-16-37-42-29(33(34,35)36)21(4)28(39-30(26)42)22-9-11-25(46-5)12-10-22/h6-12,15-16,19-20,27,43H,13-14,17-18H2,1-5H3,(H,38,44)/t20-,27?/m1/s1. The summed E-state index contributed by atoms with van der Waals surface area (Å²) >= 11 is 0. The number of piperazine rings is 1. The van der Waals surface area contributed by atoms with Crippen molar-refractivity contribution in [2.24, 2.45) is 5.92 Å². The molecule has 0 spiro atoms. The van der Waals surface area contributed by atoms with Gasteiger partial charge in [-0.1, -0.05) is 26.0 Å². The Bertz CT molecular complexity index is 1740. The van der Waals surface area contributed by atoms with E-state index in [2.05, 4.69) is 20.3 Å². The molecule has 1 aliphatic rings. The maximum atomic E-state index is 14.4. The van der Waals surface area contributed by atoms with Crippen LogP contribution in [0.15, 0.2) is 54.7 Å². The van der Waals surface area contributed by atoms with Crippen molar-refractivity contribution in [2.75, 3.05) is 38.7 Å². The van der Waals surface area contributed by atoms with Crippen LogP contribution < -0.4 is 10.1 Å². The molecular formula is C33H37F3N6O4. The molecule has 1 fully saturated rings. The highest BCUT2D eigenvalue weighted by molar-refractivity contribution is 6.00. The van der Waals surface area contributed by atoms with Crippen molar-refractivity contribution < 1.29 is 32.6 Å². The molecule has 5 rings (SSSR count). The van der Waals surface area contributed by atoms with Gasteiger partial charge >= 0.3 is 6.18 Å². The van der Waals surface area contributed by atoms with Gasteiger partial charge in [-0.25, -0.2) is 9.50 Å². The fourth-order valence-corrected chi connectivity index (χ4v) is 5.85. The average molecular weight is 639 g/mol. The number of amides is 2. The highest BCUT2D eigenvalue weighted by atomic mass is 19.4. The number of anilines is 1. The second-order valence-electron chi connectivity index (χ2n) is 11.8. The number of hydrogen-bond acceptors (Lipinski definition) is 7. The largest absolute Gasteiger partial charge is 0.497 e. The van der Waals surface area contributed by atoms with E-state index in [9.17, 15) is 27.9 Å². The van der Waals surface area contributed by atoms with Crippen LogP contribution in [0.4, 0.5) is 18.9 Å². The van der Waals surface area contributed by atoms with Gasteiger partial charge in [0.25, 0.3) is 5.91 Å². The van der Waals surface area contributed by atoms with E-state index in [-0.39, 0.29) is 53.5 Å². The quantitative estimate of drug-likeness (QED) is 0.273. The molecule has 13 heteroatoms. The first-order valence-electron chi connectivity index (χ1n) is 15.0. The van der Waals surface area contributed by atoms with Gasteiger partial charge in [-0.15, -0.1) is 0 Å². The minimum absolute atomic E-state index is 0.0344. The summed E-state index contributed by atoms with van der Waals surface area (Å²) in [6.45, 7) is 7.68. The molecule has 2 atom stereocenters. The number of halogens is 3. The Morgan fingerprint density at radius 2 is 1.85 bits per heavy atom. The van der Waals surface area contributed by atoms with Crippen molar-refractivity contribution in [3.63, 3.8) is 0 Å². The van der Waals surface area contributed by atoms with E-state index >= 15 is 0 Å². The van der Waals surface area contributed by atoms with Gasteiger partial charge in [0, 0.05) is 48.4 Å². The van der Waals surface area contributed by atoms with Crippen LogP contribution in [0.5, 0.6) is 5.75 Å². The Morgan fingerprint density at radius 3 is 2.46 bits per heavy atom. The minimum Gasteiger partial charge on any atom is -0.497 e. The van der Waals surface area contributed by atoms with Gasteiger partial charge in [0.1, 0.15) is 11.3 Å². The molecule has 2 N–H and O–H groups in total. The molecule has 46 heavy (non-hydrogen) atoms. The van der Waals surface area contributed by atoms with Crippen LogP contribution in [-0.2, 0) is 11.0 Å². The third-order valence-electron chi connectivity index (χ3n) is 8.34. The molecule has 3 heterocycles. The van der Waals surface area contributed by atoms with Crippen molar-refractivity contribution in [3.8, 4) is 17.0 Å². The number of nitrogens with zero attached hydrogens (tertiary/aromatic N) is 5. The van der Waals surface area contributed by atoms with E-state index in [4.69, 9.17) is 4.74 Å². The van der Waals surface area contributed by atoms with Gasteiger partial charge in [0.15, 0.2) is 11.3 Å². The zero-order valence-corrected chi connectivity index (χ0v) is 26.3. The summed E-state index contributed by atoms with van der Waals surface area (Å²) in [5.41, 5.74) is 0.631. The SMILES string of the molecule is COc1ccc(-c2nc3c(C(=O)N4CCN(C(CO)c5cccc(NC(=O)C(C)C)c5)C[C@H]4C)cnn3c(C(F)(F)F)c2C)cc1. The van der Waals surface area contributed by atoms with Crippen molar-refractivity contribution in [2.45, 2.75) is 46.0 Å². The summed E-state index contributed by atoms with van der Waals surface area (Å²) in [5, 5.41) is 17.2. The van der Waals surface area contributed by atoms with E-state index < -0.39 is 23.8 Å². The second-order valence-corrected chi connectivity index (χ2v) is 11.8. The lowest BCUT2D eigenvalue weighted by atomic mass is 10.0. The molecule has 1 unspecified atom stereocenters. The Kier molecular flexibility index (Phi) is 9.36. The lowest BCUT2D eigenvalue weighted by Crippen LogP contribution is -2.55. The molecule has 4 aromatic rings. The van der Waals surface area contributed by atoms with Crippen LogP contribution in [0.25, 0.3) is 16.9 Å². The number of carbonyl (C=O) groups excluding carboxylic acids is 2.